The number of morpholine rings is 1. The van der Waals surface area contributed by atoms with E-state index in [1.165, 1.54) is 4.90 Å². The van der Waals surface area contributed by atoms with Crippen molar-refractivity contribution in [2.24, 2.45) is 0 Å². The number of methoxy groups -OCH3 is 1. The van der Waals surface area contributed by atoms with E-state index in [-0.39, 0.29) is 11.4 Å². The number of carbonyl (C=O) groups is 1. The lowest BCUT2D eigenvalue weighted by molar-refractivity contribution is -0.954. The van der Waals surface area contributed by atoms with E-state index in [2.05, 4.69) is 19.2 Å². The zero-order valence-corrected chi connectivity index (χ0v) is 15.2. The Hall–Kier alpha value is -1.89. The Bertz CT molecular complexity index is 732. The van der Waals surface area contributed by atoms with Gasteiger partial charge < -0.3 is 24.1 Å². The molecule has 6 heteroatoms. The molecule has 2 N–H and O–H groups in total. The third-order valence-electron chi connectivity index (χ3n) is 4.94. The lowest BCUT2D eigenvalue weighted by Gasteiger charge is -2.37. The number of hydrogen-bond donors (Lipinski definition) is 2. The van der Waals surface area contributed by atoms with Crippen molar-refractivity contribution < 1.29 is 23.6 Å². The number of carbonyl (C=O) groups excluding carboxylic acids is 1. The second-order valence-electron chi connectivity index (χ2n) is 7.12. The topological polar surface area (TPSA) is 65.1 Å². The van der Waals surface area contributed by atoms with E-state index < -0.39 is 0 Å². The molecule has 1 aliphatic rings. The summed E-state index contributed by atoms with van der Waals surface area (Å²) in [4.78, 5) is 14.2. The summed E-state index contributed by atoms with van der Waals surface area (Å²) < 4.78 is 16.5. The standard InChI is InChI=1S/C19H26N2O4/c1-19(2,21-8-10-24-11-9-21)13-20-18(22)17-15(12-23-3)14-6-4-5-7-16(14)25-17/h4-7H,8-13H2,1-3H3,(H,20,22)/p+1. The molecule has 1 saturated heterocycles. The number of fused-ring (bicyclic) bond motifs is 1. The first-order valence-corrected chi connectivity index (χ1v) is 8.73. The summed E-state index contributed by atoms with van der Waals surface area (Å²) in [6, 6.07) is 7.65. The van der Waals surface area contributed by atoms with E-state index in [1.807, 2.05) is 24.3 Å². The van der Waals surface area contributed by atoms with E-state index in [0.717, 1.165) is 37.3 Å². The SMILES string of the molecule is COCc1c(C(=O)NCC(C)(C)[NH+]2CCOCC2)oc2ccccc12. The van der Waals surface area contributed by atoms with Crippen molar-refractivity contribution in [1.29, 1.82) is 0 Å². The lowest BCUT2D eigenvalue weighted by atomic mass is 10.0. The van der Waals surface area contributed by atoms with Gasteiger partial charge in [-0.15, -0.1) is 0 Å². The first kappa shape index (κ1) is 17.9. The molecule has 0 aliphatic carbocycles. The van der Waals surface area contributed by atoms with Gasteiger partial charge in [0, 0.05) is 18.1 Å². The summed E-state index contributed by atoms with van der Waals surface area (Å²) in [5.74, 6) is 0.153. The predicted molar refractivity (Wildman–Crippen MR) is 94.9 cm³/mol. The fraction of sp³-hybridized carbons (Fsp3) is 0.526. The molecule has 2 aromatic rings. The molecule has 0 spiro atoms. The first-order chi connectivity index (χ1) is 12.0. The van der Waals surface area contributed by atoms with E-state index in [0.29, 0.717) is 24.5 Å². The summed E-state index contributed by atoms with van der Waals surface area (Å²) >= 11 is 0. The molecule has 136 valence electrons. The van der Waals surface area contributed by atoms with Gasteiger partial charge in [0.2, 0.25) is 0 Å². The monoisotopic (exact) mass is 347 g/mol. The van der Waals surface area contributed by atoms with Crippen LogP contribution in [-0.2, 0) is 16.1 Å². The van der Waals surface area contributed by atoms with Crippen LogP contribution >= 0.6 is 0 Å². The molecule has 0 unspecified atom stereocenters. The minimum Gasteiger partial charge on any atom is -0.451 e. The van der Waals surface area contributed by atoms with E-state index in [4.69, 9.17) is 13.9 Å². The number of furan rings is 1. The first-order valence-electron chi connectivity index (χ1n) is 8.73. The van der Waals surface area contributed by atoms with Crippen molar-refractivity contribution in [2.45, 2.75) is 26.0 Å². The number of rotatable bonds is 6. The van der Waals surface area contributed by atoms with Gasteiger partial charge in [-0.2, -0.15) is 0 Å². The Morgan fingerprint density at radius 1 is 1.28 bits per heavy atom. The zero-order valence-electron chi connectivity index (χ0n) is 15.2. The van der Waals surface area contributed by atoms with Crippen LogP contribution in [0.3, 0.4) is 0 Å². The smallest absolute Gasteiger partial charge is 0.287 e. The van der Waals surface area contributed by atoms with Crippen LogP contribution in [0.2, 0.25) is 0 Å². The third kappa shape index (κ3) is 3.86. The highest BCUT2D eigenvalue weighted by Crippen LogP contribution is 2.26. The van der Waals surface area contributed by atoms with Gasteiger partial charge in [0.15, 0.2) is 5.76 Å². The molecule has 1 aromatic heterocycles. The number of quaternary nitrogens is 1. The molecule has 0 radical (unpaired) electrons. The van der Waals surface area contributed by atoms with Crippen molar-refractivity contribution in [2.75, 3.05) is 40.0 Å². The quantitative estimate of drug-likeness (QED) is 0.818. The predicted octanol–water partition coefficient (Wildman–Crippen LogP) is 1.00. The Balaban J connectivity index is 1.74. The molecule has 1 amide bonds. The maximum absolute atomic E-state index is 12.7. The van der Waals surface area contributed by atoms with E-state index in [9.17, 15) is 4.79 Å². The highest BCUT2D eigenvalue weighted by atomic mass is 16.5. The van der Waals surface area contributed by atoms with Crippen molar-refractivity contribution in [3.63, 3.8) is 0 Å². The Kier molecular flexibility index (Phi) is 5.42. The molecule has 1 aromatic carbocycles. The average molecular weight is 347 g/mol. The second-order valence-corrected chi connectivity index (χ2v) is 7.12. The third-order valence-corrected chi connectivity index (χ3v) is 4.94. The van der Waals surface area contributed by atoms with Gasteiger partial charge in [0.25, 0.3) is 5.91 Å². The van der Waals surface area contributed by atoms with Gasteiger partial charge in [-0.3, -0.25) is 4.79 Å². The zero-order chi connectivity index (χ0) is 17.9. The van der Waals surface area contributed by atoms with Gasteiger partial charge >= 0.3 is 0 Å². The summed E-state index contributed by atoms with van der Waals surface area (Å²) in [5, 5.41) is 3.97. The van der Waals surface area contributed by atoms with Gasteiger partial charge in [-0.1, -0.05) is 18.2 Å². The van der Waals surface area contributed by atoms with E-state index in [1.54, 1.807) is 7.11 Å². The van der Waals surface area contributed by atoms with Crippen LogP contribution in [-0.4, -0.2) is 51.4 Å². The molecule has 3 rings (SSSR count). The van der Waals surface area contributed by atoms with E-state index >= 15 is 0 Å². The van der Waals surface area contributed by atoms with Crippen molar-refractivity contribution in [3.8, 4) is 0 Å². The minimum atomic E-state index is -0.191. The summed E-state index contributed by atoms with van der Waals surface area (Å²) in [6.45, 7) is 8.72. The molecule has 2 heterocycles. The van der Waals surface area contributed by atoms with Gasteiger partial charge in [-0.05, 0) is 19.9 Å². The molecule has 0 bridgehead atoms. The summed E-state index contributed by atoms with van der Waals surface area (Å²) in [7, 11) is 1.62. The maximum Gasteiger partial charge on any atom is 0.287 e. The number of hydrogen-bond acceptors (Lipinski definition) is 4. The molecule has 0 atom stereocenters. The van der Waals surface area contributed by atoms with Crippen LogP contribution in [0.15, 0.2) is 28.7 Å². The van der Waals surface area contributed by atoms with Crippen molar-refractivity contribution >= 4 is 16.9 Å². The van der Waals surface area contributed by atoms with Crippen LogP contribution < -0.4 is 10.2 Å². The molecule has 25 heavy (non-hydrogen) atoms. The van der Waals surface area contributed by atoms with Gasteiger partial charge in [-0.25, -0.2) is 0 Å². The van der Waals surface area contributed by atoms with Crippen LogP contribution in [0.5, 0.6) is 0 Å². The maximum atomic E-state index is 12.7. The number of nitrogens with one attached hydrogen (secondary N) is 2. The minimum absolute atomic E-state index is 0.0626. The van der Waals surface area contributed by atoms with Crippen molar-refractivity contribution in [3.05, 3.63) is 35.6 Å². The number of benzene rings is 1. The number of ether oxygens (including phenoxy) is 2. The number of amides is 1. The lowest BCUT2D eigenvalue weighted by Crippen LogP contribution is -3.22. The fourth-order valence-corrected chi connectivity index (χ4v) is 3.37. The molecule has 0 saturated carbocycles. The molecule has 1 fully saturated rings. The summed E-state index contributed by atoms with van der Waals surface area (Å²) in [6.07, 6.45) is 0. The molecule has 1 aliphatic heterocycles. The van der Waals surface area contributed by atoms with Crippen molar-refractivity contribution in [1.82, 2.24) is 5.32 Å². The summed E-state index contributed by atoms with van der Waals surface area (Å²) in [5.41, 5.74) is 1.44. The van der Waals surface area contributed by atoms with Crippen LogP contribution in [0.1, 0.15) is 30.0 Å². The molecular weight excluding hydrogens is 320 g/mol. The van der Waals surface area contributed by atoms with Crippen LogP contribution in [0.4, 0.5) is 0 Å². The Morgan fingerprint density at radius 2 is 2.00 bits per heavy atom. The van der Waals surface area contributed by atoms with Crippen LogP contribution in [0, 0.1) is 0 Å². The molecule has 6 nitrogen and oxygen atoms in total. The van der Waals surface area contributed by atoms with Gasteiger partial charge in [0.05, 0.1) is 26.4 Å². The Morgan fingerprint density at radius 3 is 2.72 bits per heavy atom. The largest absolute Gasteiger partial charge is 0.451 e. The normalized spacial score (nSPS) is 16.3. The number of para-hydroxylation sites is 1. The van der Waals surface area contributed by atoms with Crippen LogP contribution in [0.25, 0.3) is 11.0 Å². The average Bonchev–Trinajstić information content (AvgIpc) is 3.00. The fourth-order valence-electron chi connectivity index (χ4n) is 3.37. The Labute approximate surface area is 148 Å². The second kappa shape index (κ2) is 7.56. The van der Waals surface area contributed by atoms with Gasteiger partial charge in [0.1, 0.15) is 24.2 Å². The highest BCUT2D eigenvalue weighted by Gasteiger charge is 2.33. The molecular formula is C19H27N2O4+. The highest BCUT2D eigenvalue weighted by molar-refractivity contribution is 5.99.